The summed E-state index contributed by atoms with van der Waals surface area (Å²) in [5, 5.41) is 1.60. The van der Waals surface area contributed by atoms with E-state index in [1.54, 1.807) is 18.1 Å². The molecule has 13 heavy (non-hydrogen) atoms. The van der Waals surface area contributed by atoms with Gasteiger partial charge in [0.2, 0.25) is 0 Å². The van der Waals surface area contributed by atoms with Gasteiger partial charge in [0.05, 0.1) is 0 Å². The van der Waals surface area contributed by atoms with Crippen LogP contribution in [0.25, 0.3) is 0 Å². The summed E-state index contributed by atoms with van der Waals surface area (Å²) in [6.07, 6.45) is 5.53. The van der Waals surface area contributed by atoms with Crippen LogP contribution in [0.2, 0.25) is 0 Å². The Morgan fingerprint density at radius 3 is 2.77 bits per heavy atom. The second-order valence-corrected chi connectivity index (χ2v) is 2.52. The van der Waals surface area contributed by atoms with E-state index in [0.717, 1.165) is 11.9 Å². The standard InChI is InChI=1S/C9H11N2O.Y/c1-7-4-9(6-12)8(2)11(5-7)10-3;/h4,6,10H,2H2,1,3H3;/q-1;. The first-order valence-electron chi connectivity index (χ1n) is 3.63. The SMILES string of the molecule is C=C1C(C=O)=CC(C)=[C-]N1NC.[Y]. The first-order valence-corrected chi connectivity index (χ1v) is 3.63. The molecule has 0 saturated heterocycles. The predicted octanol–water partition coefficient (Wildman–Crippen LogP) is 0.780. The summed E-state index contributed by atoms with van der Waals surface area (Å²) >= 11 is 0. The Bertz CT molecular complexity index is 281. The fourth-order valence-electron chi connectivity index (χ4n) is 1.01. The number of carbonyl (C=O) groups excluding carboxylic acids is 1. The largest absolute Gasteiger partial charge is 0.392 e. The smallest absolute Gasteiger partial charge is 0.128 e. The Morgan fingerprint density at radius 1 is 1.69 bits per heavy atom. The van der Waals surface area contributed by atoms with Crippen LogP contribution >= 0.6 is 0 Å². The number of hydrogen-bond donors (Lipinski definition) is 1. The zero-order chi connectivity index (χ0) is 9.14. The molecule has 1 rings (SSSR count). The van der Waals surface area contributed by atoms with Gasteiger partial charge in [-0.05, 0) is 0 Å². The second-order valence-electron chi connectivity index (χ2n) is 2.52. The normalized spacial score (nSPS) is 15.8. The molecule has 3 nitrogen and oxygen atoms in total. The fourth-order valence-corrected chi connectivity index (χ4v) is 1.01. The van der Waals surface area contributed by atoms with E-state index in [-0.39, 0.29) is 32.7 Å². The third kappa shape index (κ3) is 2.87. The van der Waals surface area contributed by atoms with Crippen LogP contribution in [0.5, 0.6) is 0 Å². The molecule has 0 aliphatic carbocycles. The summed E-state index contributed by atoms with van der Waals surface area (Å²) in [6, 6.07) is 0. The molecule has 0 aromatic rings. The third-order valence-electron chi connectivity index (χ3n) is 1.61. The molecular formula is C9H11N2OY-. The van der Waals surface area contributed by atoms with Gasteiger partial charge in [0.15, 0.2) is 0 Å². The van der Waals surface area contributed by atoms with Crippen LogP contribution in [0.4, 0.5) is 0 Å². The topological polar surface area (TPSA) is 32.3 Å². The van der Waals surface area contributed by atoms with Crippen molar-refractivity contribution >= 4 is 6.29 Å². The van der Waals surface area contributed by atoms with Crippen LogP contribution in [-0.4, -0.2) is 18.3 Å². The van der Waals surface area contributed by atoms with Crippen LogP contribution in [0, 0.1) is 6.20 Å². The van der Waals surface area contributed by atoms with Crippen molar-refractivity contribution in [1.82, 2.24) is 10.4 Å². The van der Waals surface area contributed by atoms with Crippen LogP contribution < -0.4 is 5.43 Å². The van der Waals surface area contributed by atoms with Gasteiger partial charge in [-0.2, -0.15) is 6.08 Å². The van der Waals surface area contributed by atoms with Crippen LogP contribution in [0.3, 0.4) is 0 Å². The van der Waals surface area contributed by atoms with Gasteiger partial charge in [0.25, 0.3) is 0 Å². The first kappa shape index (κ1) is 12.8. The van der Waals surface area contributed by atoms with Gasteiger partial charge in [-0.15, -0.1) is 12.2 Å². The molecule has 1 radical (unpaired) electrons. The number of hydrogen-bond acceptors (Lipinski definition) is 3. The molecule has 67 valence electrons. The summed E-state index contributed by atoms with van der Waals surface area (Å²) in [6.45, 7) is 5.62. The zero-order valence-corrected chi connectivity index (χ0v) is 10.6. The van der Waals surface area contributed by atoms with Crippen molar-refractivity contribution in [1.29, 1.82) is 0 Å². The minimum atomic E-state index is 0. The predicted molar refractivity (Wildman–Crippen MR) is 46.6 cm³/mol. The van der Waals surface area contributed by atoms with Crippen molar-refractivity contribution in [2.75, 3.05) is 7.05 Å². The van der Waals surface area contributed by atoms with Gasteiger partial charge in [0.1, 0.15) is 6.29 Å². The van der Waals surface area contributed by atoms with Gasteiger partial charge in [0, 0.05) is 39.8 Å². The first-order chi connectivity index (χ1) is 5.69. The molecule has 0 fully saturated rings. The van der Waals surface area contributed by atoms with Crippen molar-refractivity contribution in [2.24, 2.45) is 0 Å². The number of carbonyl (C=O) groups is 1. The molecule has 0 amide bonds. The van der Waals surface area contributed by atoms with Gasteiger partial charge in [-0.3, -0.25) is 5.43 Å². The number of hydrazine groups is 1. The van der Waals surface area contributed by atoms with E-state index in [1.807, 2.05) is 6.92 Å². The number of nitrogens with zero attached hydrogens (tertiary/aromatic N) is 1. The van der Waals surface area contributed by atoms with Gasteiger partial charge < -0.3 is 9.80 Å². The summed E-state index contributed by atoms with van der Waals surface area (Å²) < 4.78 is 0. The molecule has 0 bridgehead atoms. The summed E-state index contributed by atoms with van der Waals surface area (Å²) in [7, 11) is 1.75. The Morgan fingerprint density at radius 2 is 2.31 bits per heavy atom. The maximum absolute atomic E-state index is 10.6. The quantitative estimate of drug-likeness (QED) is 0.582. The molecule has 0 aromatic heterocycles. The molecule has 0 atom stereocenters. The van der Waals surface area contributed by atoms with Gasteiger partial charge >= 0.3 is 0 Å². The van der Waals surface area contributed by atoms with E-state index in [4.69, 9.17) is 0 Å². The van der Waals surface area contributed by atoms with Crippen LogP contribution in [-0.2, 0) is 37.5 Å². The van der Waals surface area contributed by atoms with Crippen LogP contribution in [0.15, 0.2) is 29.5 Å². The summed E-state index contributed by atoms with van der Waals surface area (Å²) in [4.78, 5) is 10.6. The van der Waals surface area contributed by atoms with Crippen molar-refractivity contribution in [3.63, 3.8) is 0 Å². The zero-order valence-electron chi connectivity index (χ0n) is 7.79. The number of nitrogens with one attached hydrogen (secondary N) is 1. The average Bonchev–Trinajstić information content (AvgIpc) is 2.08. The average molecular weight is 252 g/mol. The Kier molecular flexibility index (Phi) is 5.37. The van der Waals surface area contributed by atoms with E-state index in [9.17, 15) is 4.79 Å². The van der Waals surface area contributed by atoms with Crippen molar-refractivity contribution < 1.29 is 37.5 Å². The van der Waals surface area contributed by atoms with Crippen molar-refractivity contribution in [3.05, 3.63) is 35.7 Å². The molecule has 1 aliphatic heterocycles. The maximum atomic E-state index is 10.6. The minimum Gasteiger partial charge on any atom is -0.392 e. The van der Waals surface area contributed by atoms with E-state index in [2.05, 4.69) is 18.2 Å². The number of aldehydes is 1. The van der Waals surface area contributed by atoms with Crippen molar-refractivity contribution in [2.45, 2.75) is 6.92 Å². The molecule has 1 heterocycles. The molecule has 1 aliphatic rings. The molecule has 0 saturated carbocycles. The molecular weight excluding hydrogens is 241 g/mol. The molecule has 0 aromatic carbocycles. The molecule has 4 heteroatoms. The second kappa shape index (κ2) is 5.48. The fraction of sp³-hybridized carbons (Fsp3) is 0.222. The van der Waals surface area contributed by atoms with Gasteiger partial charge in [-0.25, -0.2) is 0 Å². The molecule has 0 spiro atoms. The minimum absolute atomic E-state index is 0. The van der Waals surface area contributed by atoms with Crippen LogP contribution in [0.1, 0.15) is 6.92 Å². The van der Waals surface area contributed by atoms with E-state index >= 15 is 0 Å². The van der Waals surface area contributed by atoms with E-state index < -0.39 is 0 Å². The monoisotopic (exact) mass is 252 g/mol. The maximum Gasteiger partial charge on any atom is 0.128 e. The Labute approximate surface area is 103 Å². The number of rotatable bonds is 2. The Hall–Kier alpha value is -0.246. The third-order valence-corrected chi connectivity index (χ3v) is 1.61. The molecule has 0 unspecified atom stereocenters. The summed E-state index contributed by atoms with van der Waals surface area (Å²) in [5.41, 5.74) is 4.96. The summed E-state index contributed by atoms with van der Waals surface area (Å²) in [5.74, 6) is 0. The Balaban J connectivity index is 0.00000144. The van der Waals surface area contributed by atoms with E-state index in [0.29, 0.717) is 11.3 Å². The molecule has 1 N–H and O–H groups in total. The van der Waals surface area contributed by atoms with E-state index in [1.165, 1.54) is 0 Å². The number of allylic oxidation sites excluding steroid dienone is 3. The van der Waals surface area contributed by atoms with Gasteiger partial charge in [-0.1, -0.05) is 24.4 Å². The van der Waals surface area contributed by atoms with Crippen molar-refractivity contribution in [3.8, 4) is 0 Å².